The fourth-order valence-electron chi connectivity index (χ4n) is 0.892. The predicted octanol–water partition coefficient (Wildman–Crippen LogP) is 0.297. The van der Waals surface area contributed by atoms with Crippen molar-refractivity contribution >= 4 is 6.03 Å². The maximum absolute atomic E-state index is 10.6. The average Bonchev–Trinajstić information content (AvgIpc) is 2.37. The largest absolute Gasteiger partial charge is 0.354 e. The average molecular weight is 153 g/mol. The molecule has 1 heterocycles. The van der Waals surface area contributed by atoms with Crippen molar-refractivity contribution < 1.29 is 4.79 Å². The maximum atomic E-state index is 10.6. The van der Waals surface area contributed by atoms with Crippen LogP contribution in [-0.4, -0.2) is 29.0 Å². The fraction of sp³-hybridized carbons (Fsp3) is 0.286. The van der Waals surface area contributed by atoms with E-state index in [1.165, 1.54) is 4.90 Å². The van der Waals surface area contributed by atoms with Gasteiger partial charge in [-0.25, -0.2) is 4.79 Å². The quantitative estimate of drug-likeness (QED) is 0.580. The molecule has 1 aliphatic rings. The van der Waals surface area contributed by atoms with Gasteiger partial charge in [-0.05, 0) is 0 Å². The zero-order valence-corrected chi connectivity index (χ0v) is 6.23. The molecule has 4 nitrogen and oxygen atoms in total. The molecule has 0 saturated heterocycles. The van der Waals surface area contributed by atoms with Gasteiger partial charge in [0.25, 0.3) is 0 Å². The lowest BCUT2D eigenvalue weighted by molar-refractivity contribution is 0.214. The van der Waals surface area contributed by atoms with Crippen LogP contribution in [0.15, 0.2) is 25.1 Å². The smallest absolute Gasteiger partial charge is 0.320 e. The van der Waals surface area contributed by atoms with Gasteiger partial charge < -0.3 is 10.6 Å². The van der Waals surface area contributed by atoms with E-state index in [1.54, 1.807) is 12.3 Å². The summed E-state index contributed by atoms with van der Waals surface area (Å²) in [6, 6.07) is -0.423. The van der Waals surface area contributed by atoms with Crippen LogP contribution in [0.4, 0.5) is 4.79 Å². The number of primary amides is 1. The van der Waals surface area contributed by atoms with Gasteiger partial charge in [-0.3, -0.25) is 4.90 Å². The van der Waals surface area contributed by atoms with Crippen LogP contribution in [0.3, 0.4) is 0 Å². The number of hydrogen-bond donors (Lipinski definition) is 1. The van der Waals surface area contributed by atoms with Crippen molar-refractivity contribution in [3.63, 3.8) is 0 Å². The number of rotatable bonds is 2. The van der Waals surface area contributed by atoms with E-state index in [9.17, 15) is 4.79 Å². The first-order chi connectivity index (χ1) is 5.24. The summed E-state index contributed by atoms with van der Waals surface area (Å²) in [4.78, 5) is 14.0. The Morgan fingerprint density at radius 1 is 1.73 bits per heavy atom. The lowest BCUT2D eigenvalue weighted by Gasteiger charge is -2.16. The van der Waals surface area contributed by atoms with Gasteiger partial charge in [0.15, 0.2) is 0 Å². The molecule has 0 aromatic heterocycles. The highest BCUT2D eigenvalue weighted by atomic mass is 16.2. The van der Waals surface area contributed by atoms with E-state index in [4.69, 9.17) is 5.73 Å². The first-order valence-electron chi connectivity index (χ1n) is 3.33. The second-order valence-corrected chi connectivity index (χ2v) is 2.31. The van der Waals surface area contributed by atoms with Gasteiger partial charge in [0.2, 0.25) is 0 Å². The topological polar surface area (TPSA) is 49.6 Å². The summed E-state index contributed by atoms with van der Waals surface area (Å²) in [7, 11) is 0. The van der Waals surface area contributed by atoms with Crippen molar-refractivity contribution in [2.45, 2.75) is 0 Å². The van der Waals surface area contributed by atoms with Crippen LogP contribution in [0, 0.1) is 0 Å². The van der Waals surface area contributed by atoms with Crippen molar-refractivity contribution in [1.82, 2.24) is 9.80 Å². The second kappa shape index (κ2) is 3.09. The molecule has 2 N–H and O–H groups in total. The Bertz CT molecular complexity index is 200. The zero-order valence-electron chi connectivity index (χ0n) is 6.23. The molecule has 0 spiro atoms. The van der Waals surface area contributed by atoms with Gasteiger partial charge in [0.05, 0.1) is 6.67 Å². The molecular formula is C7H11N3O. The molecular weight excluding hydrogens is 142 g/mol. The number of carbonyl (C=O) groups is 1. The summed E-state index contributed by atoms with van der Waals surface area (Å²) in [6.07, 6.45) is 5.24. The van der Waals surface area contributed by atoms with Crippen molar-refractivity contribution in [3.8, 4) is 0 Å². The van der Waals surface area contributed by atoms with E-state index >= 15 is 0 Å². The highest BCUT2D eigenvalue weighted by Crippen LogP contribution is 2.04. The third-order valence-electron chi connectivity index (χ3n) is 1.44. The van der Waals surface area contributed by atoms with E-state index in [-0.39, 0.29) is 0 Å². The first kappa shape index (κ1) is 7.65. The van der Waals surface area contributed by atoms with Crippen molar-refractivity contribution in [2.24, 2.45) is 5.73 Å². The van der Waals surface area contributed by atoms with Crippen LogP contribution in [0.2, 0.25) is 0 Å². The second-order valence-electron chi connectivity index (χ2n) is 2.31. The van der Waals surface area contributed by atoms with E-state index in [2.05, 4.69) is 6.58 Å². The van der Waals surface area contributed by atoms with Crippen molar-refractivity contribution in [2.75, 3.05) is 13.2 Å². The van der Waals surface area contributed by atoms with Gasteiger partial charge >= 0.3 is 6.03 Å². The molecule has 0 fully saturated rings. The van der Waals surface area contributed by atoms with Gasteiger partial charge in [-0.15, -0.1) is 6.58 Å². The minimum absolute atomic E-state index is 0.423. The van der Waals surface area contributed by atoms with Crippen LogP contribution < -0.4 is 5.73 Å². The third kappa shape index (κ3) is 1.73. The summed E-state index contributed by atoms with van der Waals surface area (Å²) >= 11 is 0. The monoisotopic (exact) mass is 153 g/mol. The Morgan fingerprint density at radius 3 is 2.91 bits per heavy atom. The molecule has 0 unspecified atom stereocenters. The first-order valence-corrected chi connectivity index (χ1v) is 3.33. The van der Waals surface area contributed by atoms with Crippen molar-refractivity contribution in [1.29, 1.82) is 0 Å². The standard InChI is InChI=1S/C7H11N3O/c1-2-3-9-4-5-10(6-9)7(8)11/h2,4-5H,1,3,6H2,(H2,8,11). The molecule has 4 heteroatoms. The number of nitrogens with two attached hydrogens (primary N) is 1. The number of hydrogen-bond acceptors (Lipinski definition) is 2. The highest BCUT2D eigenvalue weighted by Gasteiger charge is 2.13. The molecule has 0 aromatic rings. The maximum Gasteiger partial charge on any atom is 0.320 e. The number of urea groups is 1. The number of nitrogens with zero attached hydrogens (tertiary/aromatic N) is 2. The molecule has 11 heavy (non-hydrogen) atoms. The molecule has 0 atom stereocenters. The Labute approximate surface area is 65.6 Å². The normalized spacial score (nSPS) is 15.6. The molecule has 0 saturated carbocycles. The van der Waals surface area contributed by atoms with Crippen LogP contribution in [0.5, 0.6) is 0 Å². The van der Waals surface area contributed by atoms with Crippen molar-refractivity contribution in [3.05, 3.63) is 25.1 Å². The Balaban J connectivity index is 2.42. The zero-order chi connectivity index (χ0) is 8.27. The fourth-order valence-corrected chi connectivity index (χ4v) is 0.892. The van der Waals surface area contributed by atoms with Crippen LogP contribution in [0.25, 0.3) is 0 Å². The summed E-state index contributed by atoms with van der Waals surface area (Å²) in [5.41, 5.74) is 5.04. The Morgan fingerprint density at radius 2 is 2.45 bits per heavy atom. The minimum atomic E-state index is -0.423. The molecule has 1 aliphatic heterocycles. The van der Waals surface area contributed by atoms with E-state index in [0.29, 0.717) is 6.67 Å². The summed E-state index contributed by atoms with van der Waals surface area (Å²) in [6.45, 7) is 4.85. The predicted molar refractivity (Wildman–Crippen MR) is 42.3 cm³/mol. The molecule has 0 aromatic carbocycles. The summed E-state index contributed by atoms with van der Waals surface area (Å²) < 4.78 is 0. The minimum Gasteiger partial charge on any atom is -0.354 e. The third-order valence-corrected chi connectivity index (χ3v) is 1.44. The van der Waals surface area contributed by atoms with E-state index in [0.717, 1.165) is 6.54 Å². The lowest BCUT2D eigenvalue weighted by atomic mass is 10.6. The summed E-state index contributed by atoms with van der Waals surface area (Å²) in [5, 5.41) is 0. The highest BCUT2D eigenvalue weighted by molar-refractivity contribution is 5.73. The van der Waals surface area contributed by atoms with Gasteiger partial charge in [0, 0.05) is 18.9 Å². The number of carbonyl (C=O) groups excluding carboxylic acids is 1. The van der Waals surface area contributed by atoms with Crippen LogP contribution in [0.1, 0.15) is 0 Å². The van der Waals surface area contributed by atoms with Crippen LogP contribution >= 0.6 is 0 Å². The van der Waals surface area contributed by atoms with Gasteiger partial charge in [-0.1, -0.05) is 6.08 Å². The van der Waals surface area contributed by atoms with Gasteiger partial charge in [-0.2, -0.15) is 0 Å². The molecule has 0 bridgehead atoms. The molecule has 2 amide bonds. The van der Waals surface area contributed by atoms with E-state index in [1.807, 2.05) is 11.1 Å². The SMILES string of the molecule is C=CCN1C=CN(C(N)=O)C1. The number of amides is 2. The molecule has 1 rings (SSSR count). The van der Waals surface area contributed by atoms with E-state index < -0.39 is 6.03 Å². The lowest BCUT2D eigenvalue weighted by Crippen LogP contribution is -2.34. The Kier molecular flexibility index (Phi) is 2.15. The van der Waals surface area contributed by atoms with Crippen LogP contribution in [-0.2, 0) is 0 Å². The summed E-state index contributed by atoms with van der Waals surface area (Å²) in [5.74, 6) is 0. The molecule has 0 radical (unpaired) electrons. The Hall–Kier alpha value is -1.45. The molecule has 60 valence electrons. The molecule has 0 aliphatic carbocycles. The van der Waals surface area contributed by atoms with Gasteiger partial charge in [0.1, 0.15) is 0 Å².